The number of rotatable bonds is 1. The van der Waals surface area contributed by atoms with E-state index in [0.717, 1.165) is 19.3 Å². The number of nitrogens with zero attached hydrogens (tertiary/aromatic N) is 1. The Kier molecular flexibility index (Phi) is 2.90. The molecule has 4 heteroatoms. The highest BCUT2D eigenvalue weighted by molar-refractivity contribution is 6.21. The Hall–Kier alpha value is -1.68. The summed E-state index contributed by atoms with van der Waals surface area (Å²) in [5.74, 6) is 0.138. The summed E-state index contributed by atoms with van der Waals surface area (Å²) in [5, 5.41) is 0. The average Bonchev–Trinajstić information content (AvgIpc) is 2.66. The normalized spacial score (nSPS) is 30.6. The SMILES string of the molecule is CC1CCC(N)C(N2C(=O)c3ccccc3C2=O)C1. The lowest BCUT2D eigenvalue weighted by atomic mass is 9.83. The Bertz CT molecular complexity index is 506. The van der Waals surface area contributed by atoms with Gasteiger partial charge in [-0.1, -0.05) is 19.1 Å². The lowest BCUT2D eigenvalue weighted by Gasteiger charge is -2.37. The van der Waals surface area contributed by atoms with E-state index in [1.54, 1.807) is 24.3 Å². The summed E-state index contributed by atoms with van der Waals surface area (Å²) < 4.78 is 0. The van der Waals surface area contributed by atoms with Crippen molar-refractivity contribution in [1.29, 1.82) is 0 Å². The molecule has 0 spiro atoms. The van der Waals surface area contributed by atoms with Gasteiger partial charge in [-0.2, -0.15) is 0 Å². The van der Waals surface area contributed by atoms with Crippen LogP contribution in [0.5, 0.6) is 0 Å². The van der Waals surface area contributed by atoms with Crippen molar-refractivity contribution in [3.8, 4) is 0 Å². The molecule has 0 aromatic heterocycles. The Balaban J connectivity index is 1.95. The van der Waals surface area contributed by atoms with Crippen molar-refractivity contribution in [3.05, 3.63) is 35.4 Å². The fourth-order valence-corrected chi connectivity index (χ4v) is 3.18. The van der Waals surface area contributed by atoms with Gasteiger partial charge < -0.3 is 5.73 Å². The number of fused-ring (bicyclic) bond motifs is 1. The maximum absolute atomic E-state index is 12.4. The van der Waals surface area contributed by atoms with E-state index in [1.165, 1.54) is 4.90 Å². The van der Waals surface area contributed by atoms with Crippen LogP contribution in [0.4, 0.5) is 0 Å². The van der Waals surface area contributed by atoms with Crippen LogP contribution in [-0.2, 0) is 0 Å². The summed E-state index contributed by atoms with van der Waals surface area (Å²) in [7, 11) is 0. The predicted octanol–water partition coefficient (Wildman–Crippen LogP) is 1.80. The minimum Gasteiger partial charge on any atom is -0.326 e. The summed E-state index contributed by atoms with van der Waals surface area (Å²) in [6.07, 6.45) is 2.76. The van der Waals surface area contributed by atoms with E-state index in [1.807, 2.05) is 0 Å². The van der Waals surface area contributed by atoms with Crippen LogP contribution in [-0.4, -0.2) is 28.8 Å². The van der Waals surface area contributed by atoms with Gasteiger partial charge in [0.1, 0.15) is 0 Å². The molecule has 3 rings (SSSR count). The van der Waals surface area contributed by atoms with E-state index in [4.69, 9.17) is 5.73 Å². The first-order valence-corrected chi connectivity index (χ1v) is 6.82. The van der Waals surface area contributed by atoms with Gasteiger partial charge in [-0.3, -0.25) is 14.5 Å². The number of hydrogen-bond acceptors (Lipinski definition) is 3. The number of hydrogen-bond donors (Lipinski definition) is 1. The van der Waals surface area contributed by atoms with E-state index in [0.29, 0.717) is 17.0 Å². The number of carbonyl (C=O) groups is 2. The van der Waals surface area contributed by atoms with Crippen LogP contribution in [0.1, 0.15) is 46.9 Å². The van der Waals surface area contributed by atoms with Gasteiger partial charge in [0.2, 0.25) is 0 Å². The van der Waals surface area contributed by atoms with E-state index in [9.17, 15) is 9.59 Å². The second-order valence-electron chi connectivity index (χ2n) is 5.68. The predicted molar refractivity (Wildman–Crippen MR) is 71.7 cm³/mol. The molecular weight excluding hydrogens is 240 g/mol. The zero-order chi connectivity index (χ0) is 13.6. The molecule has 1 aliphatic heterocycles. The quantitative estimate of drug-likeness (QED) is 0.781. The van der Waals surface area contributed by atoms with Crippen molar-refractivity contribution >= 4 is 11.8 Å². The molecule has 19 heavy (non-hydrogen) atoms. The highest BCUT2D eigenvalue weighted by Crippen LogP contribution is 2.32. The molecule has 100 valence electrons. The Morgan fingerprint density at radius 3 is 2.26 bits per heavy atom. The molecular formula is C15H18N2O2. The van der Waals surface area contributed by atoms with Gasteiger partial charge >= 0.3 is 0 Å². The van der Waals surface area contributed by atoms with Crippen molar-refractivity contribution in [1.82, 2.24) is 4.90 Å². The Labute approximate surface area is 112 Å². The van der Waals surface area contributed by atoms with Crippen molar-refractivity contribution in [2.24, 2.45) is 11.7 Å². The fraction of sp³-hybridized carbons (Fsp3) is 0.467. The molecule has 3 atom stereocenters. The Morgan fingerprint density at radius 2 is 1.68 bits per heavy atom. The molecule has 1 aromatic carbocycles. The third-order valence-electron chi connectivity index (χ3n) is 4.29. The van der Waals surface area contributed by atoms with Crippen LogP contribution in [0.15, 0.2) is 24.3 Å². The number of nitrogens with two attached hydrogens (primary N) is 1. The second kappa shape index (κ2) is 4.46. The largest absolute Gasteiger partial charge is 0.326 e. The highest BCUT2D eigenvalue weighted by Gasteiger charge is 2.43. The van der Waals surface area contributed by atoms with Crippen LogP contribution in [0.2, 0.25) is 0 Å². The number of benzene rings is 1. The zero-order valence-electron chi connectivity index (χ0n) is 11.0. The van der Waals surface area contributed by atoms with Crippen LogP contribution in [0.25, 0.3) is 0 Å². The monoisotopic (exact) mass is 258 g/mol. The van der Waals surface area contributed by atoms with Gasteiger partial charge in [-0.15, -0.1) is 0 Å². The molecule has 1 fully saturated rings. The minimum atomic E-state index is -0.185. The smallest absolute Gasteiger partial charge is 0.261 e. The first-order chi connectivity index (χ1) is 9.09. The van der Waals surface area contributed by atoms with Crippen LogP contribution in [0, 0.1) is 5.92 Å². The maximum Gasteiger partial charge on any atom is 0.261 e. The van der Waals surface area contributed by atoms with Crippen molar-refractivity contribution < 1.29 is 9.59 Å². The van der Waals surface area contributed by atoms with Crippen LogP contribution >= 0.6 is 0 Å². The second-order valence-corrected chi connectivity index (χ2v) is 5.68. The molecule has 2 N–H and O–H groups in total. The molecule has 2 aliphatic rings. The third kappa shape index (κ3) is 1.87. The summed E-state index contributed by atoms with van der Waals surface area (Å²) in [6.45, 7) is 2.15. The molecule has 3 unspecified atom stereocenters. The molecule has 0 bridgehead atoms. The molecule has 0 saturated heterocycles. The van der Waals surface area contributed by atoms with Crippen molar-refractivity contribution in [2.45, 2.75) is 38.3 Å². The molecule has 1 aliphatic carbocycles. The van der Waals surface area contributed by atoms with E-state index in [2.05, 4.69) is 6.92 Å². The van der Waals surface area contributed by atoms with Crippen molar-refractivity contribution in [2.75, 3.05) is 0 Å². The number of imide groups is 1. The lowest BCUT2D eigenvalue weighted by molar-refractivity contribution is 0.0499. The van der Waals surface area contributed by atoms with Gasteiger partial charge in [-0.25, -0.2) is 0 Å². The summed E-state index contributed by atoms with van der Waals surface area (Å²) in [5.41, 5.74) is 7.16. The molecule has 2 amide bonds. The molecule has 1 aromatic rings. The summed E-state index contributed by atoms with van der Waals surface area (Å²) >= 11 is 0. The zero-order valence-corrected chi connectivity index (χ0v) is 11.0. The van der Waals surface area contributed by atoms with Gasteiger partial charge in [0.05, 0.1) is 17.2 Å². The van der Waals surface area contributed by atoms with Crippen molar-refractivity contribution in [3.63, 3.8) is 0 Å². The van der Waals surface area contributed by atoms with Crippen LogP contribution < -0.4 is 5.73 Å². The van der Waals surface area contributed by atoms with Gasteiger partial charge in [0, 0.05) is 6.04 Å². The number of carbonyl (C=O) groups excluding carboxylic acids is 2. The van der Waals surface area contributed by atoms with E-state index >= 15 is 0 Å². The minimum absolute atomic E-state index is 0.0987. The van der Waals surface area contributed by atoms with Crippen LogP contribution in [0.3, 0.4) is 0 Å². The highest BCUT2D eigenvalue weighted by atomic mass is 16.2. The molecule has 1 saturated carbocycles. The van der Waals surface area contributed by atoms with E-state index in [-0.39, 0.29) is 23.9 Å². The molecule has 0 radical (unpaired) electrons. The first-order valence-electron chi connectivity index (χ1n) is 6.82. The molecule has 1 heterocycles. The Morgan fingerprint density at radius 1 is 1.11 bits per heavy atom. The van der Waals surface area contributed by atoms with Gasteiger partial charge in [0.15, 0.2) is 0 Å². The lowest BCUT2D eigenvalue weighted by Crippen LogP contribution is -2.53. The number of amides is 2. The summed E-state index contributed by atoms with van der Waals surface area (Å²) in [6, 6.07) is 6.75. The maximum atomic E-state index is 12.4. The average molecular weight is 258 g/mol. The third-order valence-corrected chi connectivity index (χ3v) is 4.29. The standard InChI is InChI=1S/C15H18N2O2/c1-9-6-7-12(16)13(8-9)17-14(18)10-4-2-3-5-11(10)15(17)19/h2-5,9,12-13H,6-8,16H2,1H3. The van der Waals surface area contributed by atoms with E-state index < -0.39 is 0 Å². The molecule has 4 nitrogen and oxygen atoms in total. The topological polar surface area (TPSA) is 63.4 Å². The van der Waals surface area contributed by atoms with Gasteiger partial charge in [-0.05, 0) is 37.3 Å². The first kappa shape index (κ1) is 12.4. The summed E-state index contributed by atoms with van der Waals surface area (Å²) in [4.78, 5) is 26.2. The fourth-order valence-electron chi connectivity index (χ4n) is 3.18. The van der Waals surface area contributed by atoms with Gasteiger partial charge in [0.25, 0.3) is 11.8 Å².